The number of rotatable bonds is 5. The Labute approximate surface area is 70.2 Å². The molecule has 0 bridgehead atoms. The normalized spacial score (nSPS) is 14.1. The van der Waals surface area contributed by atoms with Crippen LogP contribution in [0.3, 0.4) is 0 Å². The molecule has 1 atom stereocenters. The third-order valence-electron chi connectivity index (χ3n) is 1.24. The molecule has 2 nitrogen and oxygen atoms in total. The molecular weight excluding hydrogens is 164 g/mol. The zero-order chi connectivity index (χ0) is 7.98. The van der Waals surface area contributed by atoms with Gasteiger partial charge < -0.3 is 8.85 Å². The van der Waals surface area contributed by atoms with E-state index in [-0.39, 0.29) is 0 Å². The van der Waals surface area contributed by atoms with E-state index in [9.17, 15) is 0 Å². The van der Waals surface area contributed by atoms with Gasteiger partial charge in [0, 0.05) is 19.1 Å². The maximum atomic E-state index is 5.12. The minimum atomic E-state index is -1.10. The van der Waals surface area contributed by atoms with Gasteiger partial charge in [-0.3, -0.25) is 0 Å². The van der Waals surface area contributed by atoms with Crippen LogP contribution in [0, 0.1) is 0 Å². The van der Waals surface area contributed by atoms with Gasteiger partial charge in [0.15, 0.2) is 0 Å². The molecule has 10 heavy (non-hydrogen) atoms. The number of hydrogen-bond donors (Lipinski definition) is 1. The van der Waals surface area contributed by atoms with E-state index in [4.69, 9.17) is 8.85 Å². The summed E-state index contributed by atoms with van der Waals surface area (Å²) in [7, 11) is 2.26. The van der Waals surface area contributed by atoms with E-state index in [2.05, 4.69) is 19.6 Å². The van der Waals surface area contributed by atoms with Gasteiger partial charge in [-0.15, -0.1) is 0 Å². The van der Waals surface area contributed by atoms with Crippen molar-refractivity contribution in [1.82, 2.24) is 0 Å². The van der Waals surface area contributed by atoms with Crippen LogP contribution in [0.25, 0.3) is 0 Å². The summed E-state index contributed by atoms with van der Waals surface area (Å²) in [5.74, 6) is 0. The van der Waals surface area contributed by atoms with Crippen molar-refractivity contribution in [2.24, 2.45) is 0 Å². The second kappa shape index (κ2) is 6.21. The largest absolute Gasteiger partial charge is 0.398 e. The molecule has 0 aromatic carbocycles. The smallest absolute Gasteiger partial charge is 0.396 e. The maximum absolute atomic E-state index is 5.12. The van der Waals surface area contributed by atoms with Gasteiger partial charge >= 0.3 is 9.28 Å². The van der Waals surface area contributed by atoms with E-state index in [1.807, 2.05) is 0 Å². The van der Waals surface area contributed by atoms with Crippen LogP contribution < -0.4 is 0 Å². The van der Waals surface area contributed by atoms with Gasteiger partial charge in [0.05, 0.1) is 0 Å². The van der Waals surface area contributed by atoms with Gasteiger partial charge in [0.2, 0.25) is 0 Å². The van der Waals surface area contributed by atoms with Crippen LogP contribution in [0.4, 0.5) is 0 Å². The van der Waals surface area contributed by atoms with E-state index in [1.165, 1.54) is 0 Å². The van der Waals surface area contributed by atoms with Gasteiger partial charge in [-0.05, 0) is 6.42 Å². The van der Waals surface area contributed by atoms with Gasteiger partial charge in [0.25, 0.3) is 0 Å². The van der Waals surface area contributed by atoms with Crippen molar-refractivity contribution in [2.75, 3.05) is 14.2 Å². The zero-order valence-corrected chi connectivity index (χ0v) is 8.65. The summed E-state index contributed by atoms with van der Waals surface area (Å²) < 4.78 is 10.2. The molecule has 61 valence electrons. The molecule has 4 heteroatoms. The first kappa shape index (κ1) is 10.5. The van der Waals surface area contributed by atoms with Crippen LogP contribution in [0.1, 0.15) is 19.8 Å². The predicted octanol–water partition coefficient (Wildman–Crippen LogP) is 1.41. The molecule has 0 saturated carbocycles. The fraction of sp³-hybridized carbons (Fsp3) is 1.00. The first-order valence-electron chi connectivity index (χ1n) is 3.39. The van der Waals surface area contributed by atoms with E-state index < -0.39 is 9.28 Å². The lowest BCUT2D eigenvalue weighted by atomic mass is 10.4. The van der Waals surface area contributed by atoms with Crippen molar-refractivity contribution in [3.63, 3.8) is 0 Å². The van der Waals surface area contributed by atoms with Gasteiger partial charge in [-0.25, -0.2) is 0 Å². The molecule has 0 aliphatic heterocycles. The molecule has 0 N–H and O–H groups in total. The highest BCUT2D eigenvalue weighted by Gasteiger charge is 2.21. The molecule has 0 spiro atoms. The van der Waals surface area contributed by atoms with Crippen molar-refractivity contribution in [1.29, 1.82) is 0 Å². The molecule has 0 amide bonds. The standard InChI is InChI=1S/C6H15O2SSi/c1-4-5-6(9)10(7-2)8-3/h6,9H,4-5H2,1-3H3. The molecule has 1 radical (unpaired) electrons. The minimum Gasteiger partial charge on any atom is -0.396 e. The molecule has 0 aliphatic carbocycles. The van der Waals surface area contributed by atoms with E-state index >= 15 is 0 Å². The highest BCUT2D eigenvalue weighted by atomic mass is 32.1. The van der Waals surface area contributed by atoms with Gasteiger partial charge in [-0.1, -0.05) is 13.3 Å². The fourth-order valence-corrected chi connectivity index (χ4v) is 2.87. The Kier molecular flexibility index (Phi) is 6.52. The molecule has 0 rings (SSSR count). The van der Waals surface area contributed by atoms with Gasteiger partial charge in [0.1, 0.15) is 0 Å². The van der Waals surface area contributed by atoms with Crippen molar-refractivity contribution >= 4 is 21.9 Å². The molecule has 0 fully saturated rings. The topological polar surface area (TPSA) is 18.5 Å². The molecule has 1 unspecified atom stereocenters. The Morgan fingerprint density at radius 3 is 2.20 bits per heavy atom. The highest BCUT2D eigenvalue weighted by Crippen LogP contribution is 2.09. The van der Waals surface area contributed by atoms with Crippen LogP contribution in [-0.2, 0) is 8.85 Å². The van der Waals surface area contributed by atoms with Crippen LogP contribution in [0.5, 0.6) is 0 Å². The average Bonchev–Trinajstić information content (AvgIpc) is 1.91. The van der Waals surface area contributed by atoms with E-state index in [1.54, 1.807) is 14.2 Å². The average molecular weight is 179 g/mol. The summed E-state index contributed by atoms with van der Waals surface area (Å²) in [4.78, 5) is 0.296. The van der Waals surface area contributed by atoms with Crippen LogP contribution in [0.2, 0.25) is 0 Å². The molecule has 0 heterocycles. The van der Waals surface area contributed by atoms with Crippen LogP contribution in [-0.4, -0.2) is 28.4 Å². The molecular formula is C6H15O2SSi. The summed E-state index contributed by atoms with van der Waals surface area (Å²) >= 11 is 4.36. The summed E-state index contributed by atoms with van der Waals surface area (Å²) in [6.07, 6.45) is 2.20. The summed E-state index contributed by atoms with van der Waals surface area (Å²) in [5.41, 5.74) is 0. The lowest BCUT2D eigenvalue weighted by Crippen LogP contribution is -2.31. The maximum Gasteiger partial charge on any atom is 0.398 e. The monoisotopic (exact) mass is 179 g/mol. The number of hydrogen-bond acceptors (Lipinski definition) is 3. The summed E-state index contributed by atoms with van der Waals surface area (Å²) in [6, 6.07) is 0. The Morgan fingerprint density at radius 2 is 1.90 bits per heavy atom. The quantitative estimate of drug-likeness (QED) is 0.508. The second-order valence-corrected chi connectivity index (χ2v) is 5.29. The molecule has 0 aromatic rings. The molecule has 0 aromatic heterocycles. The Balaban J connectivity index is 3.53. The highest BCUT2D eigenvalue weighted by molar-refractivity contribution is 7.82. The molecule has 0 saturated heterocycles. The van der Waals surface area contributed by atoms with Gasteiger partial charge in [-0.2, -0.15) is 12.6 Å². The van der Waals surface area contributed by atoms with Crippen molar-refractivity contribution in [3.05, 3.63) is 0 Å². The summed E-state index contributed by atoms with van der Waals surface area (Å²) in [5, 5.41) is 0. The van der Waals surface area contributed by atoms with Crippen molar-refractivity contribution < 1.29 is 8.85 Å². The lowest BCUT2D eigenvalue weighted by Gasteiger charge is -2.14. The molecule has 0 aliphatic rings. The Bertz CT molecular complexity index is 78.1. The van der Waals surface area contributed by atoms with Crippen molar-refractivity contribution in [2.45, 2.75) is 24.6 Å². The van der Waals surface area contributed by atoms with Crippen LogP contribution in [0.15, 0.2) is 0 Å². The Morgan fingerprint density at radius 1 is 1.40 bits per heavy atom. The predicted molar refractivity (Wildman–Crippen MR) is 47.5 cm³/mol. The van der Waals surface area contributed by atoms with E-state index in [0.29, 0.717) is 4.87 Å². The first-order valence-corrected chi connectivity index (χ1v) is 5.30. The summed E-state index contributed by atoms with van der Waals surface area (Å²) in [6.45, 7) is 2.13. The second-order valence-electron chi connectivity index (χ2n) is 2.03. The van der Waals surface area contributed by atoms with Crippen molar-refractivity contribution in [3.8, 4) is 0 Å². The third kappa shape index (κ3) is 3.61. The third-order valence-corrected chi connectivity index (χ3v) is 3.76. The van der Waals surface area contributed by atoms with Crippen LogP contribution >= 0.6 is 12.6 Å². The van der Waals surface area contributed by atoms with E-state index in [0.717, 1.165) is 12.8 Å². The minimum absolute atomic E-state index is 0.296. The first-order chi connectivity index (χ1) is 4.76. The number of thiol groups is 1. The fourth-order valence-electron chi connectivity index (χ4n) is 0.747. The SMILES string of the molecule is CCCC(S)[Si](OC)OC. The Hall–Kier alpha value is 0.487. The lowest BCUT2D eigenvalue weighted by molar-refractivity contribution is 0.274. The zero-order valence-electron chi connectivity index (χ0n) is 6.76.